The minimum absolute atomic E-state index is 0.372. The topological polar surface area (TPSA) is 62.4 Å². The van der Waals surface area contributed by atoms with E-state index in [-0.39, 0.29) is 6.09 Å². The molecule has 3 N–H and O–H groups in total. The van der Waals surface area contributed by atoms with Crippen LogP contribution in [0.2, 0.25) is 0 Å². The zero-order chi connectivity index (χ0) is 17.1. The number of hydrogen-bond donors (Lipinski definition) is 3. The summed E-state index contributed by atoms with van der Waals surface area (Å²) in [5, 5.41) is 9.85. The van der Waals surface area contributed by atoms with Crippen LogP contribution >= 0.6 is 0 Å². The molecule has 0 aliphatic carbocycles. The van der Waals surface area contributed by atoms with Crippen molar-refractivity contribution in [1.82, 2.24) is 16.0 Å². The minimum atomic E-state index is -0.448. The van der Waals surface area contributed by atoms with Gasteiger partial charge in [0.1, 0.15) is 5.60 Å². The Labute approximate surface area is 141 Å². The normalized spacial score (nSPS) is 21.0. The molecule has 0 radical (unpaired) electrons. The lowest BCUT2D eigenvalue weighted by atomic mass is 10.0. The van der Waals surface area contributed by atoms with Crippen molar-refractivity contribution in [3.05, 3.63) is 12.2 Å². The molecule has 0 aromatic heterocycles. The third-order valence-electron chi connectivity index (χ3n) is 3.81. The van der Waals surface area contributed by atoms with E-state index in [1.54, 1.807) is 0 Å². The maximum Gasteiger partial charge on any atom is 0.407 e. The molecular weight excluding hydrogens is 290 g/mol. The van der Waals surface area contributed by atoms with Crippen LogP contribution in [0.1, 0.15) is 59.8 Å². The molecule has 0 aromatic rings. The van der Waals surface area contributed by atoms with E-state index in [1.807, 2.05) is 32.9 Å². The highest BCUT2D eigenvalue weighted by Crippen LogP contribution is 2.12. The lowest BCUT2D eigenvalue weighted by Gasteiger charge is -2.21. The summed E-state index contributed by atoms with van der Waals surface area (Å²) in [5.74, 6) is 0. The fourth-order valence-corrected chi connectivity index (χ4v) is 2.70. The first-order valence-electron chi connectivity index (χ1n) is 8.95. The third-order valence-corrected chi connectivity index (χ3v) is 3.81. The monoisotopic (exact) mass is 325 g/mol. The second kappa shape index (κ2) is 10.7. The van der Waals surface area contributed by atoms with Gasteiger partial charge >= 0.3 is 6.09 Å². The van der Waals surface area contributed by atoms with Crippen LogP contribution in [0.25, 0.3) is 0 Å². The third kappa shape index (κ3) is 11.2. The molecule has 134 valence electrons. The van der Waals surface area contributed by atoms with Gasteiger partial charge < -0.3 is 20.7 Å². The number of nitrogens with one attached hydrogen (secondary N) is 3. The molecule has 1 aliphatic heterocycles. The number of carbonyl (C=O) groups is 1. The molecule has 1 aliphatic rings. The smallest absolute Gasteiger partial charge is 0.407 e. The molecule has 1 rings (SSSR count). The molecule has 2 unspecified atom stereocenters. The zero-order valence-corrected chi connectivity index (χ0v) is 15.3. The van der Waals surface area contributed by atoms with Crippen molar-refractivity contribution in [2.75, 3.05) is 19.6 Å². The summed E-state index contributed by atoms with van der Waals surface area (Å²) < 4.78 is 5.17. The van der Waals surface area contributed by atoms with Gasteiger partial charge in [-0.2, -0.15) is 0 Å². The van der Waals surface area contributed by atoms with Crippen molar-refractivity contribution in [2.45, 2.75) is 77.5 Å². The highest BCUT2D eigenvalue weighted by atomic mass is 16.6. The zero-order valence-electron chi connectivity index (χ0n) is 15.3. The van der Waals surface area contributed by atoms with Crippen LogP contribution in [0.4, 0.5) is 4.79 Å². The van der Waals surface area contributed by atoms with E-state index >= 15 is 0 Å². The summed E-state index contributed by atoms with van der Waals surface area (Å²) >= 11 is 0. The van der Waals surface area contributed by atoms with E-state index in [1.165, 1.54) is 32.1 Å². The van der Waals surface area contributed by atoms with Gasteiger partial charge in [0, 0.05) is 25.2 Å². The second-order valence-corrected chi connectivity index (χ2v) is 7.40. The Morgan fingerprint density at radius 1 is 1.26 bits per heavy atom. The first-order chi connectivity index (χ1) is 10.9. The molecule has 0 bridgehead atoms. The molecular formula is C18H35N3O2. The van der Waals surface area contributed by atoms with Crippen LogP contribution < -0.4 is 16.0 Å². The van der Waals surface area contributed by atoms with E-state index in [0.717, 1.165) is 13.1 Å². The van der Waals surface area contributed by atoms with Crippen LogP contribution in [0.3, 0.4) is 0 Å². The van der Waals surface area contributed by atoms with E-state index in [2.05, 4.69) is 22.9 Å². The van der Waals surface area contributed by atoms with Crippen molar-refractivity contribution in [3.8, 4) is 0 Å². The Hall–Kier alpha value is -1.07. The SMILES string of the molecule is CC(CC1CCCCCN1)NC/C=C/CNC(=O)OC(C)(C)C. The maximum atomic E-state index is 11.5. The Morgan fingerprint density at radius 2 is 2.00 bits per heavy atom. The highest BCUT2D eigenvalue weighted by Gasteiger charge is 2.15. The standard InChI is InChI=1S/C18H35N3O2/c1-15(14-16-10-6-5-7-12-20-16)19-11-8-9-13-21-17(22)23-18(2,3)4/h8-9,15-16,19-20H,5-7,10-14H2,1-4H3,(H,21,22)/b9-8+. The van der Waals surface area contributed by atoms with Crippen LogP contribution in [-0.2, 0) is 4.74 Å². The molecule has 0 aromatic carbocycles. The van der Waals surface area contributed by atoms with Gasteiger partial charge in [0.15, 0.2) is 0 Å². The van der Waals surface area contributed by atoms with Crippen molar-refractivity contribution < 1.29 is 9.53 Å². The molecule has 0 saturated carbocycles. The predicted octanol–water partition coefficient (Wildman–Crippen LogP) is 2.97. The summed E-state index contributed by atoms with van der Waals surface area (Å²) in [5.41, 5.74) is -0.448. The fourth-order valence-electron chi connectivity index (χ4n) is 2.70. The first kappa shape index (κ1) is 20.0. The number of amides is 1. The van der Waals surface area contributed by atoms with Gasteiger partial charge in [-0.15, -0.1) is 0 Å². The van der Waals surface area contributed by atoms with Crippen LogP contribution in [0.5, 0.6) is 0 Å². The Kier molecular flexibility index (Phi) is 9.26. The van der Waals surface area contributed by atoms with E-state index in [0.29, 0.717) is 18.6 Å². The van der Waals surface area contributed by atoms with E-state index in [4.69, 9.17) is 4.74 Å². The van der Waals surface area contributed by atoms with Gasteiger partial charge in [0.05, 0.1) is 0 Å². The van der Waals surface area contributed by atoms with Crippen LogP contribution in [0.15, 0.2) is 12.2 Å². The van der Waals surface area contributed by atoms with Crippen molar-refractivity contribution in [1.29, 1.82) is 0 Å². The molecule has 1 amide bonds. The van der Waals surface area contributed by atoms with E-state index in [9.17, 15) is 4.79 Å². The average Bonchev–Trinajstić information content (AvgIpc) is 2.69. The largest absolute Gasteiger partial charge is 0.444 e. The van der Waals surface area contributed by atoms with Crippen molar-refractivity contribution >= 4 is 6.09 Å². The quantitative estimate of drug-likeness (QED) is 0.630. The van der Waals surface area contributed by atoms with Gasteiger partial charge in [-0.1, -0.05) is 25.0 Å². The number of alkyl carbamates (subject to hydrolysis) is 1. The average molecular weight is 325 g/mol. The van der Waals surface area contributed by atoms with Gasteiger partial charge in [-0.25, -0.2) is 4.79 Å². The fraction of sp³-hybridized carbons (Fsp3) is 0.833. The van der Waals surface area contributed by atoms with Gasteiger partial charge in [0.25, 0.3) is 0 Å². The Balaban J connectivity index is 2.07. The summed E-state index contributed by atoms with van der Waals surface area (Å²) in [6, 6.07) is 1.15. The van der Waals surface area contributed by atoms with Gasteiger partial charge in [-0.05, 0) is 53.5 Å². The highest BCUT2D eigenvalue weighted by molar-refractivity contribution is 5.67. The van der Waals surface area contributed by atoms with Crippen LogP contribution in [0, 0.1) is 0 Å². The molecule has 5 nitrogen and oxygen atoms in total. The summed E-state index contributed by atoms with van der Waals surface area (Å²) in [6.45, 7) is 10.3. The summed E-state index contributed by atoms with van der Waals surface area (Å²) in [4.78, 5) is 11.5. The second-order valence-electron chi connectivity index (χ2n) is 7.40. The first-order valence-corrected chi connectivity index (χ1v) is 8.95. The number of hydrogen-bond acceptors (Lipinski definition) is 4. The van der Waals surface area contributed by atoms with Crippen LogP contribution in [-0.4, -0.2) is 43.4 Å². The lowest BCUT2D eigenvalue weighted by molar-refractivity contribution is 0.0534. The van der Waals surface area contributed by atoms with E-state index < -0.39 is 5.60 Å². The van der Waals surface area contributed by atoms with Crippen molar-refractivity contribution in [2.24, 2.45) is 0 Å². The summed E-state index contributed by atoms with van der Waals surface area (Å²) in [6.07, 6.45) is 10.1. The Bertz CT molecular complexity index is 356. The molecule has 1 heterocycles. The lowest BCUT2D eigenvalue weighted by Crippen LogP contribution is -2.36. The van der Waals surface area contributed by atoms with Gasteiger partial charge in [-0.3, -0.25) is 0 Å². The summed E-state index contributed by atoms with van der Waals surface area (Å²) in [7, 11) is 0. The molecule has 1 saturated heterocycles. The van der Waals surface area contributed by atoms with Gasteiger partial charge in [0.2, 0.25) is 0 Å². The molecule has 2 atom stereocenters. The molecule has 1 fully saturated rings. The number of carbonyl (C=O) groups excluding carboxylic acids is 1. The predicted molar refractivity (Wildman–Crippen MR) is 95.7 cm³/mol. The van der Waals surface area contributed by atoms with Crippen molar-refractivity contribution in [3.63, 3.8) is 0 Å². The molecule has 0 spiro atoms. The minimum Gasteiger partial charge on any atom is -0.444 e. The molecule has 5 heteroatoms. The Morgan fingerprint density at radius 3 is 2.74 bits per heavy atom. The molecule has 23 heavy (non-hydrogen) atoms. The number of rotatable bonds is 7. The number of ether oxygens (including phenoxy) is 1. The maximum absolute atomic E-state index is 11.5.